The predicted molar refractivity (Wildman–Crippen MR) is 121 cm³/mol. The topological polar surface area (TPSA) is 73.7 Å². The molecule has 1 aliphatic carbocycles. The van der Waals surface area contributed by atoms with Crippen molar-refractivity contribution in [2.24, 2.45) is 4.99 Å². The number of piperidine rings is 1. The van der Waals surface area contributed by atoms with Crippen molar-refractivity contribution in [3.63, 3.8) is 0 Å². The summed E-state index contributed by atoms with van der Waals surface area (Å²) in [6.07, 6.45) is 15.0. The number of carbonyl (C=O) groups excluding carboxylic acids is 1. The normalized spacial score (nSPS) is 23.4. The highest BCUT2D eigenvalue weighted by Gasteiger charge is 2.53. The van der Waals surface area contributed by atoms with Crippen LogP contribution in [-0.4, -0.2) is 51.4 Å². The van der Waals surface area contributed by atoms with E-state index in [-0.39, 0.29) is 6.03 Å². The van der Waals surface area contributed by atoms with Crippen molar-refractivity contribution in [1.82, 2.24) is 20.2 Å². The average molecular weight is 419 g/mol. The van der Waals surface area contributed by atoms with Crippen LogP contribution in [0.1, 0.15) is 50.5 Å². The van der Waals surface area contributed by atoms with Crippen molar-refractivity contribution in [3.8, 4) is 0 Å². The number of carbonyl (C=O) groups is 1. The molecule has 7 nitrogen and oxygen atoms in total. The highest BCUT2D eigenvalue weighted by atomic mass is 16.2. The van der Waals surface area contributed by atoms with Gasteiger partial charge in [-0.15, -0.1) is 0 Å². The third kappa shape index (κ3) is 4.06. The van der Waals surface area contributed by atoms with Gasteiger partial charge in [-0.05, 0) is 49.4 Å². The summed E-state index contributed by atoms with van der Waals surface area (Å²) in [5.41, 5.74) is 1.65. The Balaban J connectivity index is 1.42. The second-order valence-corrected chi connectivity index (χ2v) is 8.92. The average Bonchev–Trinajstić information content (AvgIpc) is 3.07. The van der Waals surface area contributed by atoms with E-state index in [4.69, 9.17) is 4.99 Å². The largest absolute Gasteiger partial charge is 0.328 e. The van der Waals surface area contributed by atoms with Gasteiger partial charge in [0, 0.05) is 38.2 Å². The lowest BCUT2D eigenvalue weighted by Gasteiger charge is -2.43. The van der Waals surface area contributed by atoms with Gasteiger partial charge in [-0.1, -0.05) is 25.3 Å². The summed E-state index contributed by atoms with van der Waals surface area (Å²) in [6, 6.07) is 8.21. The van der Waals surface area contributed by atoms with Gasteiger partial charge in [-0.3, -0.25) is 30.1 Å². The number of pyridine rings is 2. The minimum atomic E-state index is -0.414. The second-order valence-electron chi connectivity index (χ2n) is 8.92. The lowest BCUT2D eigenvalue weighted by atomic mass is 9.84. The Morgan fingerprint density at radius 2 is 1.77 bits per heavy atom. The summed E-state index contributed by atoms with van der Waals surface area (Å²) in [5.74, 6) is 0.870. The summed E-state index contributed by atoms with van der Waals surface area (Å²) in [7, 11) is 0. The number of amides is 2. The first-order valence-electron chi connectivity index (χ1n) is 11.5. The lowest BCUT2D eigenvalue weighted by molar-refractivity contribution is 0.184. The number of aromatic nitrogens is 2. The molecule has 0 radical (unpaired) electrons. The summed E-state index contributed by atoms with van der Waals surface area (Å²) >= 11 is 0. The van der Waals surface area contributed by atoms with E-state index in [0.717, 1.165) is 56.8 Å². The van der Waals surface area contributed by atoms with Crippen LogP contribution in [0.2, 0.25) is 0 Å². The fraction of sp³-hybridized carbons (Fsp3) is 0.500. The fourth-order valence-corrected chi connectivity index (χ4v) is 5.26. The molecule has 3 fully saturated rings. The van der Waals surface area contributed by atoms with E-state index in [1.54, 1.807) is 12.4 Å². The second kappa shape index (κ2) is 8.75. The maximum atomic E-state index is 13.2. The predicted octanol–water partition coefficient (Wildman–Crippen LogP) is 3.77. The quantitative estimate of drug-likeness (QED) is 0.820. The molecular weight excluding hydrogens is 388 g/mol. The van der Waals surface area contributed by atoms with E-state index in [0.29, 0.717) is 6.04 Å². The standard InChI is InChI=1S/C24H30N6O/c31-23-28-22(27-20-7-2-1-3-8-20)24(30(23)21-9-5-13-26-17-21)10-14-29(15-11-24)18-19-6-4-12-25-16-19/h4-6,9,12-13,16-17,20H,1-3,7-8,10-11,14-15,18H2,(H,27,28,31). The smallest absolute Gasteiger partial charge is 0.299 e. The van der Waals surface area contributed by atoms with Crippen molar-refractivity contribution >= 4 is 17.6 Å². The van der Waals surface area contributed by atoms with Gasteiger partial charge in [-0.2, -0.15) is 0 Å². The molecule has 1 saturated carbocycles. The van der Waals surface area contributed by atoms with E-state index in [9.17, 15) is 4.79 Å². The van der Waals surface area contributed by atoms with E-state index in [1.165, 1.54) is 24.8 Å². The minimum Gasteiger partial charge on any atom is -0.299 e. The molecule has 2 aliphatic heterocycles. The van der Waals surface area contributed by atoms with Gasteiger partial charge in [0.1, 0.15) is 11.4 Å². The van der Waals surface area contributed by atoms with Gasteiger partial charge in [0.25, 0.3) is 0 Å². The Morgan fingerprint density at radius 3 is 2.45 bits per heavy atom. The zero-order chi connectivity index (χ0) is 21.1. The third-order valence-corrected chi connectivity index (χ3v) is 6.90. The summed E-state index contributed by atoms with van der Waals surface area (Å²) < 4.78 is 0. The van der Waals surface area contributed by atoms with Gasteiger partial charge in [-0.25, -0.2) is 4.79 Å². The molecule has 2 aromatic heterocycles. The van der Waals surface area contributed by atoms with Crippen molar-refractivity contribution in [2.45, 2.75) is 63.1 Å². The molecule has 31 heavy (non-hydrogen) atoms. The molecule has 2 aromatic rings. The monoisotopic (exact) mass is 418 g/mol. The van der Waals surface area contributed by atoms with Crippen LogP contribution in [0.4, 0.5) is 10.5 Å². The highest BCUT2D eigenvalue weighted by molar-refractivity contribution is 6.19. The summed E-state index contributed by atoms with van der Waals surface area (Å²) in [6.45, 7) is 2.70. The summed E-state index contributed by atoms with van der Waals surface area (Å²) in [5, 5.41) is 3.16. The molecule has 162 valence electrons. The first kappa shape index (κ1) is 20.1. The van der Waals surface area contributed by atoms with Crippen molar-refractivity contribution in [2.75, 3.05) is 18.0 Å². The molecule has 5 rings (SSSR count). The van der Waals surface area contributed by atoms with Crippen LogP contribution >= 0.6 is 0 Å². The molecule has 0 atom stereocenters. The third-order valence-electron chi connectivity index (χ3n) is 6.90. The zero-order valence-corrected chi connectivity index (χ0v) is 17.9. The molecule has 1 N–H and O–H groups in total. The lowest BCUT2D eigenvalue weighted by Crippen LogP contribution is -2.57. The van der Waals surface area contributed by atoms with Crippen LogP contribution in [0.5, 0.6) is 0 Å². The van der Waals surface area contributed by atoms with Gasteiger partial charge >= 0.3 is 6.03 Å². The number of nitrogens with one attached hydrogen (secondary N) is 1. The number of rotatable bonds is 4. The van der Waals surface area contributed by atoms with Crippen LogP contribution in [0, 0.1) is 0 Å². The van der Waals surface area contributed by atoms with Crippen molar-refractivity contribution < 1.29 is 4.79 Å². The Kier molecular flexibility index (Phi) is 5.68. The van der Waals surface area contributed by atoms with Crippen molar-refractivity contribution in [3.05, 3.63) is 54.6 Å². The fourth-order valence-electron chi connectivity index (χ4n) is 5.26. The van der Waals surface area contributed by atoms with Crippen LogP contribution in [0.15, 0.2) is 54.0 Å². The Bertz CT molecular complexity index is 918. The van der Waals surface area contributed by atoms with E-state index in [2.05, 4.69) is 26.3 Å². The molecule has 0 bridgehead atoms. The molecule has 2 saturated heterocycles. The van der Waals surface area contributed by atoms with Gasteiger partial charge in [0.15, 0.2) is 0 Å². The zero-order valence-electron chi connectivity index (χ0n) is 17.9. The van der Waals surface area contributed by atoms with Crippen LogP contribution in [-0.2, 0) is 6.54 Å². The van der Waals surface area contributed by atoms with Crippen LogP contribution in [0.3, 0.4) is 0 Å². The number of hydrogen-bond donors (Lipinski definition) is 1. The molecule has 1 spiro atoms. The van der Waals surface area contributed by atoms with Crippen LogP contribution in [0.25, 0.3) is 0 Å². The number of nitrogens with zero attached hydrogens (tertiary/aromatic N) is 5. The number of likely N-dealkylation sites (tertiary alicyclic amines) is 1. The van der Waals surface area contributed by atoms with Crippen LogP contribution < -0.4 is 10.2 Å². The van der Waals surface area contributed by atoms with E-state index in [1.807, 2.05) is 35.5 Å². The molecule has 7 heteroatoms. The highest BCUT2D eigenvalue weighted by Crippen LogP contribution is 2.38. The maximum absolute atomic E-state index is 13.2. The maximum Gasteiger partial charge on any atom is 0.328 e. The van der Waals surface area contributed by atoms with Gasteiger partial charge in [0.2, 0.25) is 0 Å². The molecule has 4 heterocycles. The first-order chi connectivity index (χ1) is 15.2. The number of amidine groups is 1. The number of hydrogen-bond acceptors (Lipinski definition) is 5. The summed E-state index contributed by atoms with van der Waals surface area (Å²) in [4.78, 5) is 31.2. The Hall–Kier alpha value is -2.80. The SMILES string of the molecule is O=C1NC(=NC2CCCCC2)C2(CCN(Cc3cccnc3)CC2)N1c1cccnc1. The number of urea groups is 1. The Labute approximate surface area is 183 Å². The van der Waals surface area contributed by atoms with E-state index >= 15 is 0 Å². The molecular formula is C24H30N6O. The van der Waals surface area contributed by atoms with Gasteiger partial charge < -0.3 is 0 Å². The minimum absolute atomic E-state index is 0.0803. The molecule has 0 aromatic carbocycles. The Morgan fingerprint density at radius 1 is 1.03 bits per heavy atom. The molecule has 2 amide bonds. The first-order valence-corrected chi connectivity index (χ1v) is 11.5. The van der Waals surface area contributed by atoms with Crippen molar-refractivity contribution in [1.29, 1.82) is 0 Å². The van der Waals surface area contributed by atoms with E-state index < -0.39 is 5.54 Å². The molecule has 0 unspecified atom stereocenters. The van der Waals surface area contributed by atoms with Gasteiger partial charge in [0.05, 0.1) is 17.9 Å². The number of anilines is 1. The number of aliphatic imine (C=N–C) groups is 1. The molecule has 3 aliphatic rings.